The molecule has 0 atom stereocenters. The summed E-state index contributed by atoms with van der Waals surface area (Å²) in [5.41, 5.74) is 2.22. The summed E-state index contributed by atoms with van der Waals surface area (Å²) in [5, 5.41) is 2.69. The van der Waals surface area contributed by atoms with Gasteiger partial charge < -0.3 is 14.8 Å². The van der Waals surface area contributed by atoms with E-state index in [4.69, 9.17) is 4.74 Å². The Bertz CT molecular complexity index is 696. The molecule has 2 rings (SSSR count). The van der Waals surface area contributed by atoms with E-state index >= 15 is 0 Å². The summed E-state index contributed by atoms with van der Waals surface area (Å²) in [6.07, 6.45) is 0. The van der Waals surface area contributed by atoms with Crippen LogP contribution in [0.15, 0.2) is 36.4 Å². The number of ether oxygens (including phenoxy) is 2. The minimum atomic E-state index is -0.532. The Morgan fingerprint density at radius 2 is 1.77 bits per heavy atom. The number of methoxy groups -OCH3 is 2. The van der Waals surface area contributed by atoms with Crippen LogP contribution in [0.2, 0.25) is 0 Å². The summed E-state index contributed by atoms with van der Waals surface area (Å²) in [5.74, 6) is -0.161. The molecule has 1 N–H and O–H groups in total. The lowest BCUT2D eigenvalue weighted by Gasteiger charge is -2.08. The van der Waals surface area contributed by atoms with Crippen molar-refractivity contribution >= 4 is 17.6 Å². The molecule has 6 heteroatoms. The number of esters is 1. The van der Waals surface area contributed by atoms with Crippen molar-refractivity contribution in [2.45, 2.75) is 6.92 Å². The second kappa shape index (κ2) is 6.71. The molecule has 0 radical (unpaired) electrons. The Kier molecular flexibility index (Phi) is 4.73. The fourth-order valence-corrected chi connectivity index (χ4v) is 1.91. The summed E-state index contributed by atoms with van der Waals surface area (Å²) in [6.45, 7) is 1.44. The van der Waals surface area contributed by atoms with E-state index in [1.54, 1.807) is 30.3 Å². The predicted molar refractivity (Wildman–Crippen MR) is 81.9 cm³/mol. The van der Waals surface area contributed by atoms with E-state index in [1.807, 2.05) is 0 Å². The number of hydrogen-bond donors (Lipinski definition) is 1. The number of amides is 1. The number of carbonyl (C=O) groups is 2. The van der Waals surface area contributed by atoms with E-state index in [1.165, 1.54) is 27.2 Å². The first-order chi connectivity index (χ1) is 10.5. The molecule has 114 valence electrons. The van der Waals surface area contributed by atoms with Crippen LogP contribution in [0.5, 0.6) is 5.75 Å². The van der Waals surface area contributed by atoms with E-state index in [9.17, 15) is 9.59 Å². The normalized spacial score (nSPS) is 9.95. The summed E-state index contributed by atoms with van der Waals surface area (Å²) in [7, 11) is 2.81. The Balaban J connectivity index is 2.38. The quantitative estimate of drug-likeness (QED) is 0.878. The average Bonchev–Trinajstić information content (AvgIpc) is 2.53. The van der Waals surface area contributed by atoms with Crippen LogP contribution in [0.25, 0.3) is 11.3 Å². The lowest BCUT2D eigenvalue weighted by atomic mass is 10.1. The molecule has 0 bridgehead atoms. The molecule has 1 aromatic heterocycles. The second-order valence-electron chi connectivity index (χ2n) is 4.53. The van der Waals surface area contributed by atoms with E-state index in [-0.39, 0.29) is 11.6 Å². The maximum atomic E-state index is 11.7. The van der Waals surface area contributed by atoms with Crippen LogP contribution in [-0.2, 0) is 9.53 Å². The number of nitrogens with zero attached hydrogens (tertiary/aromatic N) is 1. The van der Waals surface area contributed by atoms with Crippen molar-refractivity contribution in [2.75, 3.05) is 19.5 Å². The molecule has 0 saturated carbocycles. The van der Waals surface area contributed by atoms with Crippen molar-refractivity contribution < 1.29 is 19.1 Å². The number of anilines is 1. The smallest absolute Gasteiger partial charge is 0.356 e. The van der Waals surface area contributed by atoms with Crippen molar-refractivity contribution in [1.29, 1.82) is 0 Å². The molecule has 2 aromatic rings. The van der Waals surface area contributed by atoms with Crippen LogP contribution in [0.1, 0.15) is 17.4 Å². The van der Waals surface area contributed by atoms with E-state index in [0.717, 1.165) is 5.56 Å². The van der Waals surface area contributed by atoms with Gasteiger partial charge in [-0.25, -0.2) is 9.78 Å². The van der Waals surface area contributed by atoms with Crippen molar-refractivity contribution in [3.05, 3.63) is 42.1 Å². The number of aromatic nitrogens is 1. The molecule has 1 amide bonds. The maximum absolute atomic E-state index is 11.7. The van der Waals surface area contributed by atoms with Gasteiger partial charge in [0.05, 0.1) is 19.9 Å². The molecule has 0 aliphatic rings. The number of rotatable bonds is 4. The molecule has 0 aliphatic heterocycles. The van der Waals surface area contributed by atoms with E-state index < -0.39 is 5.97 Å². The number of pyridine rings is 1. The van der Waals surface area contributed by atoms with Crippen molar-refractivity contribution in [3.8, 4) is 17.0 Å². The van der Waals surface area contributed by atoms with Crippen LogP contribution in [0.3, 0.4) is 0 Å². The first-order valence-electron chi connectivity index (χ1n) is 6.56. The SMILES string of the molecule is COC(=O)c1cc(OC)cc(-c2ccc(NC(C)=O)cc2)n1. The Hall–Kier alpha value is -2.89. The van der Waals surface area contributed by atoms with Gasteiger partial charge >= 0.3 is 5.97 Å². The average molecular weight is 300 g/mol. The van der Waals surface area contributed by atoms with E-state index in [2.05, 4.69) is 15.0 Å². The Labute approximate surface area is 128 Å². The summed E-state index contributed by atoms with van der Waals surface area (Å²) in [6, 6.07) is 10.4. The first kappa shape index (κ1) is 15.5. The fourth-order valence-electron chi connectivity index (χ4n) is 1.91. The highest BCUT2D eigenvalue weighted by atomic mass is 16.5. The molecule has 0 fully saturated rings. The molecule has 22 heavy (non-hydrogen) atoms. The van der Waals surface area contributed by atoms with Crippen LogP contribution < -0.4 is 10.1 Å². The zero-order valence-electron chi connectivity index (χ0n) is 12.5. The monoisotopic (exact) mass is 300 g/mol. The molecule has 1 aromatic carbocycles. The highest BCUT2D eigenvalue weighted by Crippen LogP contribution is 2.24. The predicted octanol–water partition coefficient (Wildman–Crippen LogP) is 2.50. The minimum absolute atomic E-state index is 0.139. The molecule has 0 aliphatic carbocycles. The topological polar surface area (TPSA) is 77.5 Å². The number of hydrogen-bond acceptors (Lipinski definition) is 5. The molecule has 6 nitrogen and oxygen atoms in total. The summed E-state index contributed by atoms with van der Waals surface area (Å²) < 4.78 is 9.87. The highest BCUT2D eigenvalue weighted by molar-refractivity contribution is 5.89. The van der Waals surface area contributed by atoms with Gasteiger partial charge in [-0.1, -0.05) is 12.1 Å². The lowest BCUT2D eigenvalue weighted by molar-refractivity contribution is -0.114. The third-order valence-electron chi connectivity index (χ3n) is 2.93. The lowest BCUT2D eigenvalue weighted by Crippen LogP contribution is -2.06. The minimum Gasteiger partial charge on any atom is -0.497 e. The zero-order valence-corrected chi connectivity index (χ0v) is 12.5. The Morgan fingerprint density at radius 3 is 2.32 bits per heavy atom. The second-order valence-corrected chi connectivity index (χ2v) is 4.53. The molecule has 0 unspecified atom stereocenters. The maximum Gasteiger partial charge on any atom is 0.356 e. The van der Waals surface area contributed by atoms with Gasteiger partial charge in [-0.05, 0) is 12.1 Å². The fraction of sp³-hybridized carbons (Fsp3) is 0.188. The number of carbonyl (C=O) groups excluding carboxylic acids is 2. The Morgan fingerprint density at radius 1 is 1.09 bits per heavy atom. The van der Waals surface area contributed by atoms with Gasteiger partial charge in [-0.2, -0.15) is 0 Å². The first-order valence-corrected chi connectivity index (χ1v) is 6.56. The molecule has 0 spiro atoms. The summed E-state index contributed by atoms with van der Waals surface area (Å²) in [4.78, 5) is 26.9. The third kappa shape index (κ3) is 3.60. The zero-order chi connectivity index (χ0) is 16.1. The molecular formula is C16H16N2O4. The van der Waals surface area contributed by atoms with Crippen LogP contribution in [0.4, 0.5) is 5.69 Å². The largest absolute Gasteiger partial charge is 0.497 e. The van der Waals surface area contributed by atoms with Gasteiger partial charge in [0.1, 0.15) is 5.75 Å². The van der Waals surface area contributed by atoms with Gasteiger partial charge in [0.15, 0.2) is 5.69 Å². The van der Waals surface area contributed by atoms with Gasteiger partial charge in [-0.3, -0.25) is 4.79 Å². The number of nitrogens with one attached hydrogen (secondary N) is 1. The molecule has 0 saturated heterocycles. The van der Waals surface area contributed by atoms with Gasteiger partial charge in [-0.15, -0.1) is 0 Å². The van der Waals surface area contributed by atoms with Crippen molar-refractivity contribution in [1.82, 2.24) is 4.98 Å². The van der Waals surface area contributed by atoms with E-state index in [0.29, 0.717) is 17.1 Å². The molecular weight excluding hydrogens is 284 g/mol. The van der Waals surface area contributed by atoms with Gasteiger partial charge in [0, 0.05) is 30.3 Å². The van der Waals surface area contributed by atoms with Gasteiger partial charge in [0.2, 0.25) is 5.91 Å². The van der Waals surface area contributed by atoms with Gasteiger partial charge in [0.25, 0.3) is 0 Å². The summed E-state index contributed by atoms with van der Waals surface area (Å²) >= 11 is 0. The standard InChI is InChI=1S/C16H16N2O4/c1-10(19)17-12-6-4-11(5-7-12)14-8-13(21-2)9-15(18-14)16(20)22-3/h4-9H,1-3H3,(H,17,19). The third-order valence-corrected chi connectivity index (χ3v) is 2.93. The number of benzene rings is 1. The van der Waals surface area contributed by atoms with Crippen LogP contribution in [-0.4, -0.2) is 31.1 Å². The van der Waals surface area contributed by atoms with Crippen molar-refractivity contribution in [2.24, 2.45) is 0 Å². The molecule has 1 heterocycles. The van der Waals surface area contributed by atoms with Crippen LogP contribution >= 0.6 is 0 Å². The highest BCUT2D eigenvalue weighted by Gasteiger charge is 2.12. The van der Waals surface area contributed by atoms with Crippen molar-refractivity contribution in [3.63, 3.8) is 0 Å². The van der Waals surface area contributed by atoms with Crippen LogP contribution in [0, 0.1) is 0 Å².